The summed E-state index contributed by atoms with van der Waals surface area (Å²) in [5, 5.41) is 12.8. The van der Waals surface area contributed by atoms with Crippen LogP contribution in [0.4, 0.5) is 0 Å². The van der Waals surface area contributed by atoms with Crippen molar-refractivity contribution in [2.24, 2.45) is 0 Å². The number of H-pyrrole nitrogens is 1. The second-order valence-corrected chi connectivity index (χ2v) is 4.86. The van der Waals surface area contributed by atoms with E-state index in [9.17, 15) is 4.79 Å². The Kier molecular flexibility index (Phi) is 3.42. The van der Waals surface area contributed by atoms with Crippen molar-refractivity contribution in [3.63, 3.8) is 0 Å². The molecule has 94 valence electrons. The molecule has 0 bridgehead atoms. The monoisotopic (exact) mass is 237 g/mol. The SMILES string of the molecule is CN(C)C1(CNC(=O)c2cn[nH]n2)CCCC1. The zero-order valence-corrected chi connectivity index (χ0v) is 10.4. The lowest BCUT2D eigenvalue weighted by atomic mass is 9.96. The summed E-state index contributed by atoms with van der Waals surface area (Å²) >= 11 is 0. The minimum atomic E-state index is -0.160. The molecular formula is C11H19N5O. The van der Waals surface area contributed by atoms with Crippen LogP contribution in [0, 0.1) is 0 Å². The van der Waals surface area contributed by atoms with E-state index in [1.54, 1.807) is 0 Å². The topological polar surface area (TPSA) is 73.9 Å². The van der Waals surface area contributed by atoms with Gasteiger partial charge in [-0.2, -0.15) is 15.4 Å². The van der Waals surface area contributed by atoms with Crippen molar-refractivity contribution in [3.8, 4) is 0 Å². The lowest BCUT2D eigenvalue weighted by Gasteiger charge is -2.36. The number of aromatic amines is 1. The molecule has 1 aromatic heterocycles. The van der Waals surface area contributed by atoms with Crippen molar-refractivity contribution in [1.82, 2.24) is 25.6 Å². The number of nitrogens with zero attached hydrogens (tertiary/aromatic N) is 3. The molecule has 1 saturated carbocycles. The second-order valence-electron chi connectivity index (χ2n) is 4.86. The zero-order chi connectivity index (χ0) is 12.3. The summed E-state index contributed by atoms with van der Waals surface area (Å²) in [5.41, 5.74) is 0.455. The van der Waals surface area contributed by atoms with Gasteiger partial charge in [0.1, 0.15) is 0 Å². The molecule has 17 heavy (non-hydrogen) atoms. The van der Waals surface area contributed by atoms with Crippen LogP contribution in [-0.2, 0) is 0 Å². The fraction of sp³-hybridized carbons (Fsp3) is 0.727. The fourth-order valence-corrected chi connectivity index (χ4v) is 2.46. The van der Waals surface area contributed by atoms with Crippen LogP contribution in [0.2, 0.25) is 0 Å². The standard InChI is InChI=1S/C11H19N5O/c1-16(2)11(5-3-4-6-11)8-12-10(17)9-7-13-15-14-9/h7H,3-6,8H2,1-2H3,(H,12,17)(H,13,14,15). The summed E-state index contributed by atoms with van der Waals surface area (Å²) in [6, 6.07) is 0. The molecule has 1 aromatic rings. The minimum Gasteiger partial charge on any atom is -0.349 e. The van der Waals surface area contributed by atoms with Crippen molar-refractivity contribution >= 4 is 5.91 Å². The lowest BCUT2D eigenvalue weighted by molar-refractivity contribution is 0.0895. The van der Waals surface area contributed by atoms with E-state index in [1.807, 2.05) is 0 Å². The summed E-state index contributed by atoms with van der Waals surface area (Å²) < 4.78 is 0. The quantitative estimate of drug-likeness (QED) is 0.795. The molecule has 0 aliphatic heterocycles. The number of nitrogens with one attached hydrogen (secondary N) is 2. The molecule has 0 radical (unpaired) electrons. The highest BCUT2D eigenvalue weighted by Gasteiger charge is 2.36. The van der Waals surface area contributed by atoms with E-state index in [-0.39, 0.29) is 11.4 Å². The number of aromatic nitrogens is 3. The van der Waals surface area contributed by atoms with Gasteiger partial charge in [0, 0.05) is 12.1 Å². The molecule has 0 spiro atoms. The highest BCUT2D eigenvalue weighted by molar-refractivity contribution is 5.91. The third-order valence-electron chi connectivity index (χ3n) is 3.71. The van der Waals surface area contributed by atoms with Gasteiger partial charge in [0.05, 0.1) is 6.20 Å². The highest BCUT2D eigenvalue weighted by Crippen LogP contribution is 2.33. The Labute approximate surface area is 101 Å². The van der Waals surface area contributed by atoms with Crippen molar-refractivity contribution < 1.29 is 4.79 Å². The predicted molar refractivity (Wildman–Crippen MR) is 63.6 cm³/mol. The molecule has 0 atom stereocenters. The maximum atomic E-state index is 11.8. The van der Waals surface area contributed by atoms with Crippen LogP contribution in [0.3, 0.4) is 0 Å². The van der Waals surface area contributed by atoms with E-state index >= 15 is 0 Å². The second kappa shape index (κ2) is 4.83. The van der Waals surface area contributed by atoms with Crippen molar-refractivity contribution in [1.29, 1.82) is 0 Å². The Bertz CT molecular complexity index is 367. The van der Waals surface area contributed by atoms with E-state index in [4.69, 9.17) is 0 Å². The minimum absolute atomic E-state index is 0.111. The first-order valence-electron chi connectivity index (χ1n) is 5.95. The molecule has 6 nitrogen and oxygen atoms in total. The largest absolute Gasteiger partial charge is 0.349 e. The van der Waals surface area contributed by atoms with Gasteiger partial charge in [-0.15, -0.1) is 0 Å². The van der Waals surface area contributed by atoms with Crippen LogP contribution in [0.1, 0.15) is 36.2 Å². The van der Waals surface area contributed by atoms with Gasteiger partial charge in [0.2, 0.25) is 0 Å². The number of carbonyl (C=O) groups excluding carboxylic acids is 1. The summed E-state index contributed by atoms with van der Waals surface area (Å²) in [5.74, 6) is -0.160. The fourth-order valence-electron chi connectivity index (χ4n) is 2.46. The molecule has 0 unspecified atom stereocenters. The molecule has 0 aromatic carbocycles. The Morgan fingerprint density at radius 3 is 2.76 bits per heavy atom. The first kappa shape index (κ1) is 12.0. The van der Waals surface area contributed by atoms with Gasteiger partial charge in [-0.3, -0.25) is 4.79 Å². The van der Waals surface area contributed by atoms with Crippen LogP contribution < -0.4 is 5.32 Å². The van der Waals surface area contributed by atoms with Crippen LogP contribution in [0.15, 0.2) is 6.20 Å². The van der Waals surface area contributed by atoms with Gasteiger partial charge in [-0.25, -0.2) is 0 Å². The van der Waals surface area contributed by atoms with Gasteiger partial charge in [0.25, 0.3) is 5.91 Å². The smallest absolute Gasteiger partial charge is 0.273 e. The van der Waals surface area contributed by atoms with Gasteiger partial charge in [0.15, 0.2) is 5.69 Å². The number of carbonyl (C=O) groups is 1. The molecule has 0 saturated heterocycles. The van der Waals surface area contributed by atoms with Gasteiger partial charge in [-0.05, 0) is 26.9 Å². The molecule has 1 fully saturated rings. The predicted octanol–water partition coefficient (Wildman–Crippen LogP) is 0.409. The molecule has 6 heteroatoms. The number of amides is 1. The summed E-state index contributed by atoms with van der Waals surface area (Å²) in [6.45, 7) is 0.672. The maximum absolute atomic E-state index is 11.8. The highest BCUT2D eigenvalue weighted by atomic mass is 16.2. The average Bonchev–Trinajstić information content (AvgIpc) is 2.97. The number of rotatable bonds is 4. The lowest BCUT2D eigenvalue weighted by Crippen LogP contribution is -2.50. The van der Waals surface area contributed by atoms with Crippen LogP contribution >= 0.6 is 0 Å². The third-order valence-corrected chi connectivity index (χ3v) is 3.71. The van der Waals surface area contributed by atoms with Crippen LogP contribution in [0.5, 0.6) is 0 Å². The van der Waals surface area contributed by atoms with Gasteiger partial charge >= 0.3 is 0 Å². The molecule has 2 N–H and O–H groups in total. The molecule has 1 aliphatic carbocycles. The van der Waals surface area contributed by atoms with E-state index in [2.05, 4.69) is 39.7 Å². The van der Waals surface area contributed by atoms with Crippen LogP contribution in [-0.4, -0.2) is 52.4 Å². The summed E-state index contributed by atoms with van der Waals surface area (Å²) in [4.78, 5) is 14.0. The summed E-state index contributed by atoms with van der Waals surface area (Å²) in [6.07, 6.45) is 6.18. The maximum Gasteiger partial charge on any atom is 0.273 e. The first-order valence-corrected chi connectivity index (χ1v) is 5.95. The Hall–Kier alpha value is -1.43. The third kappa shape index (κ3) is 2.46. The normalized spacial score (nSPS) is 18.5. The van der Waals surface area contributed by atoms with Gasteiger partial charge in [-0.1, -0.05) is 12.8 Å². The van der Waals surface area contributed by atoms with E-state index in [0.29, 0.717) is 12.2 Å². The van der Waals surface area contributed by atoms with Crippen LogP contribution in [0.25, 0.3) is 0 Å². The van der Waals surface area contributed by atoms with Crippen molar-refractivity contribution in [3.05, 3.63) is 11.9 Å². The number of hydrogen-bond donors (Lipinski definition) is 2. The Morgan fingerprint density at radius 1 is 1.53 bits per heavy atom. The number of hydrogen-bond acceptors (Lipinski definition) is 4. The molecule has 2 rings (SSSR count). The first-order chi connectivity index (χ1) is 8.14. The molecule has 1 aliphatic rings. The zero-order valence-electron chi connectivity index (χ0n) is 10.4. The van der Waals surface area contributed by atoms with E-state index < -0.39 is 0 Å². The van der Waals surface area contributed by atoms with E-state index in [1.165, 1.54) is 19.0 Å². The molecular weight excluding hydrogens is 218 g/mol. The average molecular weight is 237 g/mol. The van der Waals surface area contributed by atoms with Crippen molar-refractivity contribution in [2.45, 2.75) is 31.2 Å². The van der Waals surface area contributed by atoms with E-state index in [0.717, 1.165) is 12.8 Å². The molecule has 1 amide bonds. The van der Waals surface area contributed by atoms with Gasteiger partial charge < -0.3 is 10.2 Å². The Morgan fingerprint density at radius 2 is 2.24 bits per heavy atom. The van der Waals surface area contributed by atoms with Crippen molar-refractivity contribution in [2.75, 3.05) is 20.6 Å². The molecule has 1 heterocycles. The number of likely N-dealkylation sites (N-methyl/N-ethyl adjacent to an activating group) is 1. The Balaban J connectivity index is 1.94. The summed E-state index contributed by atoms with van der Waals surface area (Å²) in [7, 11) is 4.15.